The third kappa shape index (κ3) is 5.49. The fourth-order valence-electron chi connectivity index (χ4n) is 5.41. The third-order valence-corrected chi connectivity index (χ3v) is 10.3. The highest BCUT2D eigenvalue weighted by molar-refractivity contribution is 8.04. The number of hydrogen-bond acceptors (Lipinski definition) is 8. The van der Waals surface area contributed by atoms with Gasteiger partial charge in [-0.15, -0.1) is 11.3 Å². The van der Waals surface area contributed by atoms with Crippen molar-refractivity contribution in [3.8, 4) is 0 Å². The van der Waals surface area contributed by atoms with Crippen LogP contribution >= 0.6 is 23.1 Å². The maximum atomic E-state index is 13.1. The van der Waals surface area contributed by atoms with E-state index in [4.69, 9.17) is 14.1 Å². The molecule has 1 fully saturated rings. The predicted molar refractivity (Wildman–Crippen MR) is 150 cm³/mol. The molecule has 0 bridgehead atoms. The van der Waals surface area contributed by atoms with Crippen molar-refractivity contribution in [3.05, 3.63) is 40.4 Å². The number of fused-ring (bicyclic) bond motifs is 1. The highest BCUT2D eigenvalue weighted by Gasteiger charge is 2.60. The number of aromatic nitrogens is 1. The lowest BCUT2D eigenvalue weighted by atomic mass is 9.79. The maximum Gasteiger partial charge on any atom is 0.410 e. The van der Waals surface area contributed by atoms with Gasteiger partial charge in [0.25, 0.3) is 0 Å². The number of nitrogens with zero attached hydrogens (tertiary/aromatic N) is 3. The molecule has 4 heterocycles. The third-order valence-electron chi connectivity index (χ3n) is 6.96. The molecule has 3 aliphatic rings. The molecular formula is C26H35N3O6S2Si. The van der Waals surface area contributed by atoms with Crippen LogP contribution < -0.4 is 0 Å². The smallest absolute Gasteiger partial charge is 0.410 e. The van der Waals surface area contributed by atoms with Crippen molar-refractivity contribution in [1.82, 2.24) is 14.8 Å². The van der Waals surface area contributed by atoms with E-state index in [-0.39, 0.29) is 54.3 Å². The molecule has 3 aliphatic heterocycles. The molecule has 12 heteroatoms. The molecule has 0 aromatic carbocycles. The first-order valence-electron chi connectivity index (χ1n) is 12.7. The molecule has 0 unspecified atom stereocenters. The summed E-state index contributed by atoms with van der Waals surface area (Å²) < 4.78 is 12.1. The average Bonchev–Trinajstić information content (AvgIpc) is 3.38. The molecule has 9 nitrogen and oxygen atoms in total. The molecule has 38 heavy (non-hydrogen) atoms. The summed E-state index contributed by atoms with van der Waals surface area (Å²) >= 11 is 2.78. The summed E-state index contributed by atoms with van der Waals surface area (Å²) in [7, 11) is -1.87. The zero-order valence-electron chi connectivity index (χ0n) is 22.6. The number of rotatable bonds is 9. The van der Waals surface area contributed by atoms with Crippen LogP contribution in [0, 0.1) is 11.8 Å². The Hall–Kier alpha value is -2.41. The Morgan fingerprint density at radius 2 is 2.08 bits per heavy atom. The molecule has 4 rings (SSSR count). The average molecular weight is 578 g/mol. The Balaban J connectivity index is 1.50. The van der Waals surface area contributed by atoms with Gasteiger partial charge in [-0.1, -0.05) is 37.4 Å². The van der Waals surface area contributed by atoms with Gasteiger partial charge >= 0.3 is 12.1 Å². The number of ether oxygens (including phenoxy) is 1. The Labute approximate surface area is 232 Å². The van der Waals surface area contributed by atoms with Crippen molar-refractivity contribution in [2.75, 3.05) is 13.2 Å². The first-order valence-corrected chi connectivity index (χ1v) is 17.8. The van der Waals surface area contributed by atoms with E-state index in [9.17, 15) is 19.5 Å². The summed E-state index contributed by atoms with van der Waals surface area (Å²) in [4.78, 5) is 46.2. The fraction of sp³-hybridized carbons (Fsp3) is 0.538. The highest BCUT2D eigenvalue weighted by Crippen LogP contribution is 2.52. The molecule has 206 valence electrons. The summed E-state index contributed by atoms with van der Waals surface area (Å²) in [5.41, 5.74) is 1.92. The second-order valence-electron chi connectivity index (χ2n) is 10.8. The molecular weight excluding hydrogens is 543 g/mol. The van der Waals surface area contributed by atoms with Gasteiger partial charge in [0.15, 0.2) is 12.7 Å². The minimum Gasteiger partial charge on any atom is -0.477 e. The Kier molecular flexibility index (Phi) is 8.27. The van der Waals surface area contributed by atoms with E-state index in [1.165, 1.54) is 28.0 Å². The van der Waals surface area contributed by atoms with Crippen LogP contribution in [-0.2, 0) is 18.8 Å². The predicted octanol–water partition coefficient (Wildman–Crippen LogP) is 5.05. The molecule has 0 saturated carbocycles. The number of amides is 2. The van der Waals surface area contributed by atoms with Crippen LogP contribution in [0.15, 0.2) is 39.1 Å². The number of aliphatic carboxylic acids is 1. The monoisotopic (exact) mass is 577 g/mol. The van der Waals surface area contributed by atoms with E-state index < -0.39 is 14.3 Å². The van der Waals surface area contributed by atoms with Crippen LogP contribution in [0.5, 0.6) is 0 Å². The van der Waals surface area contributed by atoms with Gasteiger partial charge in [-0.05, 0) is 45.5 Å². The second-order valence-corrected chi connectivity index (χ2v) is 17.4. The molecule has 5 atom stereocenters. The Morgan fingerprint density at radius 3 is 2.68 bits per heavy atom. The molecule has 1 N–H and O–H groups in total. The number of thiazole rings is 1. The minimum atomic E-state index is -1.87. The summed E-state index contributed by atoms with van der Waals surface area (Å²) in [6, 6.07) is -0.368. The van der Waals surface area contributed by atoms with Crippen molar-refractivity contribution in [2.45, 2.75) is 69.4 Å². The van der Waals surface area contributed by atoms with Crippen LogP contribution in [0.2, 0.25) is 19.6 Å². The molecule has 1 aromatic heterocycles. The lowest BCUT2D eigenvalue weighted by Crippen LogP contribution is -2.64. The van der Waals surface area contributed by atoms with Crippen LogP contribution in [0.1, 0.15) is 32.9 Å². The maximum absolute atomic E-state index is 13.1. The van der Waals surface area contributed by atoms with E-state index in [2.05, 4.69) is 26.2 Å². The zero-order chi connectivity index (χ0) is 27.9. The largest absolute Gasteiger partial charge is 0.477 e. The molecule has 2 amide bonds. The number of carbonyl (C=O) groups is 3. The lowest BCUT2D eigenvalue weighted by molar-refractivity contribution is -0.162. The van der Waals surface area contributed by atoms with E-state index in [1.54, 1.807) is 11.0 Å². The van der Waals surface area contributed by atoms with Crippen molar-refractivity contribution in [1.29, 1.82) is 0 Å². The van der Waals surface area contributed by atoms with Crippen LogP contribution in [0.25, 0.3) is 5.57 Å². The van der Waals surface area contributed by atoms with Gasteiger partial charge in [0.05, 0.1) is 29.8 Å². The molecule has 1 saturated heterocycles. The first kappa shape index (κ1) is 28.6. The molecule has 0 aliphatic carbocycles. The van der Waals surface area contributed by atoms with E-state index in [0.717, 1.165) is 15.6 Å². The van der Waals surface area contributed by atoms with Gasteiger partial charge < -0.3 is 24.1 Å². The van der Waals surface area contributed by atoms with Gasteiger partial charge in [0.2, 0.25) is 5.91 Å². The van der Waals surface area contributed by atoms with Gasteiger partial charge in [-0.2, -0.15) is 0 Å². The summed E-state index contributed by atoms with van der Waals surface area (Å²) in [5.74, 6) is -1.78. The standard InChI is InChI=1S/C26H35N3O6S2Si/c1-8-11-34-26(33)28-10-9-17(12-14(28)2)18-13-36-25(27-18)37-22-15(3)20-19(16(4)35-38(5,6)7)23(30)29(20)21(22)24(31)32/h8,12-16,19-20H,1,9-11H2,2-7H3,(H,31,32)/t14-,15+,16+,19+,20+/m0/s1. The summed E-state index contributed by atoms with van der Waals surface area (Å²) in [6.07, 6.45) is 3.56. The normalized spacial score (nSPS) is 26.1. The summed E-state index contributed by atoms with van der Waals surface area (Å²) in [5, 5.41) is 12.0. The number of carboxylic acids is 1. The highest BCUT2D eigenvalue weighted by atomic mass is 32.2. The number of carboxylic acid groups (broad SMARTS) is 1. The van der Waals surface area contributed by atoms with Crippen LogP contribution in [0.3, 0.4) is 0 Å². The first-order chi connectivity index (χ1) is 17.8. The minimum absolute atomic E-state index is 0.0601. The van der Waals surface area contributed by atoms with Gasteiger partial charge in [-0.3, -0.25) is 4.79 Å². The zero-order valence-corrected chi connectivity index (χ0v) is 25.2. The van der Waals surface area contributed by atoms with Gasteiger partial charge in [-0.25, -0.2) is 14.6 Å². The van der Waals surface area contributed by atoms with Gasteiger partial charge in [0, 0.05) is 22.7 Å². The quantitative estimate of drug-likeness (QED) is 0.247. The fourth-order valence-corrected chi connectivity index (χ4v) is 8.79. The number of thioether (sulfide) groups is 1. The van der Waals surface area contributed by atoms with Gasteiger partial charge in [0.1, 0.15) is 12.3 Å². The van der Waals surface area contributed by atoms with E-state index in [1.807, 2.05) is 32.2 Å². The molecule has 0 radical (unpaired) electrons. The molecule has 1 aromatic rings. The Bertz CT molecular complexity index is 1210. The summed E-state index contributed by atoms with van der Waals surface area (Å²) in [6.45, 7) is 16.3. The Morgan fingerprint density at radius 1 is 1.37 bits per heavy atom. The second kappa shape index (κ2) is 11.0. The van der Waals surface area contributed by atoms with E-state index in [0.29, 0.717) is 17.9 Å². The van der Waals surface area contributed by atoms with Crippen LogP contribution in [-0.4, -0.2) is 77.5 Å². The SMILES string of the molecule is C=CCOC(=O)N1CCC(c2csc(SC3=C(C(=O)O)N4C(=O)[C@H]([C@@H](C)O[Si](C)(C)C)[C@H]4[C@H]3C)n2)=C[C@@H]1C. The lowest BCUT2D eigenvalue weighted by Gasteiger charge is -2.48. The molecule has 0 spiro atoms. The van der Waals surface area contributed by atoms with E-state index >= 15 is 0 Å². The topological polar surface area (TPSA) is 109 Å². The number of carbonyl (C=O) groups excluding carboxylic acids is 2. The van der Waals surface area contributed by atoms with Crippen LogP contribution in [0.4, 0.5) is 4.79 Å². The van der Waals surface area contributed by atoms with Crippen molar-refractivity contribution in [2.24, 2.45) is 11.8 Å². The van der Waals surface area contributed by atoms with Crippen molar-refractivity contribution >= 4 is 55.0 Å². The number of hydrogen-bond donors (Lipinski definition) is 1. The van der Waals surface area contributed by atoms with Crippen molar-refractivity contribution < 1.29 is 28.7 Å². The number of β-lactam (4-membered cyclic amide) rings is 1. The van der Waals surface area contributed by atoms with Crippen molar-refractivity contribution in [3.63, 3.8) is 0 Å².